The smallest absolute Gasteiger partial charge is 0.330 e. The predicted molar refractivity (Wildman–Crippen MR) is 84.6 cm³/mol. The van der Waals surface area contributed by atoms with Crippen LogP contribution in [0.1, 0.15) is 32.1 Å². The van der Waals surface area contributed by atoms with Crippen molar-refractivity contribution in [3.05, 3.63) is 12.2 Å². The molecule has 1 unspecified atom stereocenters. The summed E-state index contributed by atoms with van der Waals surface area (Å²) < 4.78 is 31.1. The third-order valence-corrected chi connectivity index (χ3v) is 5.93. The van der Waals surface area contributed by atoms with Crippen molar-refractivity contribution in [2.45, 2.75) is 43.4 Å². The molecule has 1 aliphatic carbocycles. The van der Waals surface area contributed by atoms with Gasteiger partial charge in [-0.3, -0.25) is 28.6 Å². The largest absolute Gasteiger partial charge is 0.336 e. The molecule has 0 spiro atoms. The van der Waals surface area contributed by atoms with Crippen molar-refractivity contribution in [1.29, 1.82) is 0 Å². The SMILES string of the molecule is O=C(ON1C(=O)CC(S(=O)(=O)O)C1=O)C1CCC(N2C(=O)C=CC2=O)CC1. The summed E-state index contributed by atoms with van der Waals surface area (Å²) in [6.45, 7) is 0. The molecule has 1 N–H and O–H groups in total. The van der Waals surface area contributed by atoms with E-state index < -0.39 is 57.3 Å². The van der Waals surface area contributed by atoms with Crippen molar-refractivity contribution >= 4 is 39.7 Å². The van der Waals surface area contributed by atoms with Crippen LogP contribution in [0.2, 0.25) is 0 Å². The number of hydrogen-bond acceptors (Lipinski definition) is 8. The van der Waals surface area contributed by atoms with Crippen LogP contribution in [0.3, 0.4) is 0 Å². The summed E-state index contributed by atoms with van der Waals surface area (Å²) in [4.78, 5) is 65.1. The molecular weight excluding hydrogens is 384 g/mol. The molecule has 1 saturated carbocycles. The van der Waals surface area contributed by atoms with Gasteiger partial charge in [0.05, 0.1) is 12.3 Å². The lowest BCUT2D eigenvalue weighted by Gasteiger charge is -2.32. The molecule has 0 aromatic heterocycles. The van der Waals surface area contributed by atoms with Crippen molar-refractivity contribution < 1.29 is 41.8 Å². The Bertz CT molecular complexity index is 837. The monoisotopic (exact) mass is 400 g/mol. The first-order valence-electron chi connectivity index (χ1n) is 8.19. The van der Waals surface area contributed by atoms with Gasteiger partial charge in [0.1, 0.15) is 0 Å². The first kappa shape index (κ1) is 19.2. The third kappa shape index (κ3) is 3.62. The Labute approximate surface area is 153 Å². The van der Waals surface area contributed by atoms with Crippen LogP contribution in [-0.2, 0) is 38.9 Å². The molecule has 146 valence electrons. The highest BCUT2D eigenvalue weighted by atomic mass is 32.2. The molecule has 0 aromatic rings. The molecule has 3 aliphatic rings. The van der Waals surface area contributed by atoms with Gasteiger partial charge in [-0.15, -0.1) is 5.06 Å². The number of carbonyl (C=O) groups is 5. The first-order chi connectivity index (χ1) is 12.6. The minimum absolute atomic E-state index is 0.0737. The molecule has 27 heavy (non-hydrogen) atoms. The van der Waals surface area contributed by atoms with E-state index in [-0.39, 0.29) is 23.9 Å². The summed E-state index contributed by atoms with van der Waals surface area (Å²) in [5, 5.41) is -1.90. The van der Waals surface area contributed by atoms with Crippen LogP contribution < -0.4 is 0 Å². The normalized spacial score (nSPS) is 29.0. The average molecular weight is 400 g/mol. The van der Waals surface area contributed by atoms with Gasteiger partial charge in [0.15, 0.2) is 5.25 Å². The van der Waals surface area contributed by atoms with Gasteiger partial charge in [0.2, 0.25) is 0 Å². The number of carbonyl (C=O) groups excluding carboxylic acids is 5. The van der Waals surface area contributed by atoms with Crippen molar-refractivity contribution in [2.24, 2.45) is 5.92 Å². The van der Waals surface area contributed by atoms with Gasteiger partial charge in [-0.2, -0.15) is 8.42 Å². The van der Waals surface area contributed by atoms with E-state index in [1.807, 2.05) is 0 Å². The fourth-order valence-corrected chi connectivity index (χ4v) is 4.12. The second kappa shape index (κ2) is 6.85. The van der Waals surface area contributed by atoms with E-state index in [1.165, 1.54) is 12.2 Å². The minimum Gasteiger partial charge on any atom is -0.330 e. The molecule has 1 saturated heterocycles. The number of rotatable bonds is 4. The average Bonchev–Trinajstić information content (AvgIpc) is 3.08. The molecule has 2 aliphatic heterocycles. The molecule has 11 nitrogen and oxygen atoms in total. The molecule has 3 rings (SSSR count). The molecule has 2 heterocycles. The van der Waals surface area contributed by atoms with Crippen molar-refractivity contribution in [2.75, 3.05) is 0 Å². The number of hydroxylamine groups is 2. The van der Waals surface area contributed by atoms with E-state index in [1.54, 1.807) is 0 Å². The van der Waals surface area contributed by atoms with E-state index in [0.717, 1.165) is 4.90 Å². The molecule has 4 amide bonds. The quantitative estimate of drug-likeness (QED) is 0.459. The van der Waals surface area contributed by atoms with Crippen LogP contribution in [-0.4, -0.2) is 63.8 Å². The topological polar surface area (TPSA) is 155 Å². The third-order valence-electron chi connectivity index (χ3n) is 4.84. The van der Waals surface area contributed by atoms with Crippen molar-refractivity contribution in [3.63, 3.8) is 0 Å². The molecule has 0 bridgehead atoms. The van der Waals surface area contributed by atoms with E-state index >= 15 is 0 Å². The predicted octanol–water partition coefficient (Wildman–Crippen LogP) is -1.06. The number of amides is 4. The van der Waals surface area contributed by atoms with Gasteiger partial charge in [-0.25, -0.2) is 4.79 Å². The summed E-state index contributed by atoms with van der Waals surface area (Å²) >= 11 is 0. The van der Waals surface area contributed by atoms with Gasteiger partial charge in [-0.1, -0.05) is 0 Å². The second-order valence-corrected chi connectivity index (χ2v) is 8.13. The van der Waals surface area contributed by atoms with Gasteiger partial charge >= 0.3 is 5.97 Å². The molecule has 1 atom stereocenters. The zero-order valence-corrected chi connectivity index (χ0v) is 14.8. The fraction of sp³-hybridized carbons (Fsp3) is 0.533. The molecule has 12 heteroatoms. The van der Waals surface area contributed by atoms with Crippen LogP contribution >= 0.6 is 0 Å². The van der Waals surface area contributed by atoms with Crippen LogP contribution in [0.25, 0.3) is 0 Å². The Balaban J connectivity index is 1.57. The Morgan fingerprint density at radius 3 is 2.07 bits per heavy atom. The Morgan fingerprint density at radius 1 is 1.04 bits per heavy atom. The lowest BCUT2D eigenvalue weighted by molar-refractivity contribution is -0.201. The molecular formula is C15H16N2O9S. The first-order valence-corrected chi connectivity index (χ1v) is 9.70. The maximum Gasteiger partial charge on any atom is 0.336 e. The van der Waals surface area contributed by atoms with E-state index in [2.05, 4.69) is 0 Å². The molecule has 2 fully saturated rings. The molecule has 0 aromatic carbocycles. The fourth-order valence-electron chi connectivity index (χ4n) is 3.42. The van der Waals surface area contributed by atoms with E-state index in [9.17, 15) is 32.4 Å². The Morgan fingerprint density at radius 2 is 1.59 bits per heavy atom. The second-order valence-electron chi connectivity index (χ2n) is 6.53. The van der Waals surface area contributed by atoms with E-state index in [4.69, 9.17) is 9.39 Å². The van der Waals surface area contributed by atoms with Crippen LogP contribution in [0.5, 0.6) is 0 Å². The maximum atomic E-state index is 12.2. The maximum absolute atomic E-state index is 12.2. The van der Waals surface area contributed by atoms with Gasteiger partial charge < -0.3 is 4.84 Å². The lowest BCUT2D eigenvalue weighted by atomic mass is 9.85. The van der Waals surface area contributed by atoms with Crippen molar-refractivity contribution in [1.82, 2.24) is 9.96 Å². The zero-order valence-electron chi connectivity index (χ0n) is 13.9. The van der Waals surface area contributed by atoms with Crippen LogP contribution in [0, 0.1) is 5.92 Å². The zero-order chi connectivity index (χ0) is 19.9. The minimum atomic E-state index is -4.78. The number of imide groups is 2. The van der Waals surface area contributed by atoms with Gasteiger partial charge in [0.25, 0.3) is 33.7 Å². The Hall–Kier alpha value is -2.60. The summed E-state index contributed by atoms with van der Waals surface area (Å²) in [7, 11) is -4.78. The lowest BCUT2D eigenvalue weighted by Crippen LogP contribution is -2.44. The van der Waals surface area contributed by atoms with Crippen LogP contribution in [0.4, 0.5) is 0 Å². The number of nitrogens with zero attached hydrogens (tertiary/aromatic N) is 2. The summed E-state index contributed by atoms with van der Waals surface area (Å²) in [6, 6.07) is -0.344. The summed E-state index contributed by atoms with van der Waals surface area (Å²) in [5.74, 6) is -4.73. The standard InChI is InChI=1S/C15H16N2O9S/c18-11-5-6-12(19)16(11)9-3-1-8(2-4-9)15(22)26-17-13(20)7-10(14(17)21)27(23,24)25/h5-6,8-10H,1-4,7H2,(H,23,24,25). The molecule has 0 radical (unpaired) electrons. The highest BCUT2D eigenvalue weighted by Crippen LogP contribution is 2.31. The summed E-state index contributed by atoms with van der Waals surface area (Å²) in [5.41, 5.74) is 0. The highest BCUT2D eigenvalue weighted by Gasteiger charge is 2.49. The van der Waals surface area contributed by atoms with Crippen molar-refractivity contribution in [3.8, 4) is 0 Å². The highest BCUT2D eigenvalue weighted by molar-refractivity contribution is 7.87. The summed E-state index contributed by atoms with van der Waals surface area (Å²) in [6.07, 6.45) is 2.79. The van der Waals surface area contributed by atoms with Crippen LogP contribution in [0.15, 0.2) is 12.2 Å². The Kier molecular flexibility index (Phi) is 4.86. The van der Waals surface area contributed by atoms with Gasteiger partial charge in [0, 0.05) is 18.2 Å². The number of hydrogen-bond donors (Lipinski definition) is 1. The van der Waals surface area contributed by atoms with Gasteiger partial charge in [-0.05, 0) is 25.7 Å². The van der Waals surface area contributed by atoms with E-state index in [0.29, 0.717) is 12.8 Å².